The van der Waals surface area contributed by atoms with Crippen LogP contribution in [0, 0.1) is 13.8 Å². The number of carbonyl (C=O) groups is 1. The molecule has 8 heteroatoms. The molecule has 1 amide bonds. The van der Waals surface area contributed by atoms with Crippen molar-refractivity contribution >= 4 is 17.5 Å². The third kappa shape index (κ3) is 3.68. The fourth-order valence-electron chi connectivity index (χ4n) is 3.90. The Morgan fingerprint density at radius 1 is 1.20 bits per heavy atom. The Kier molecular flexibility index (Phi) is 5.31. The summed E-state index contributed by atoms with van der Waals surface area (Å²) >= 11 is 0. The predicted octanol–water partition coefficient (Wildman–Crippen LogP) is 2.91. The van der Waals surface area contributed by atoms with Crippen molar-refractivity contribution in [1.82, 2.24) is 24.4 Å². The van der Waals surface area contributed by atoms with Crippen LogP contribution in [0.25, 0.3) is 0 Å². The smallest absolute Gasteiger partial charge is 0.263 e. The van der Waals surface area contributed by atoms with Crippen LogP contribution >= 0.6 is 0 Å². The minimum atomic E-state index is -0.255. The van der Waals surface area contributed by atoms with Gasteiger partial charge in [0.25, 0.3) is 11.5 Å². The first-order valence-corrected chi connectivity index (χ1v) is 9.94. The van der Waals surface area contributed by atoms with Crippen molar-refractivity contribution in [3.63, 3.8) is 0 Å². The summed E-state index contributed by atoms with van der Waals surface area (Å²) in [5.41, 5.74) is 2.31. The van der Waals surface area contributed by atoms with Gasteiger partial charge >= 0.3 is 0 Å². The van der Waals surface area contributed by atoms with E-state index in [0.29, 0.717) is 23.7 Å². The van der Waals surface area contributed by atoms with Crippen molar-refractivity contribution < 1.29 is 4.79 Å². The Bertz CT molecular complexity index is 1140. The molecular weight excluding hydrogens is 380 g/mol. The van der Waals surface area contributed by atoms with E-state index >= 15 is 0 Å². The maximum atomic E-state index is 13.4. The number of rotatable bonds is 4. The Labute approximate surface area is 174 Å². The van der Waals surface area contributed by atoms with Crippen molar-refractivity contribution in [3.8, 4) is 0 Å². The predicted molar refractivity (Wildman–Crippen MR) is 114 cm³/mol. The number of carbonyl (C=O) groups excluding carboxylic acids is 1. The highest BCUT2D eigenvalue weighted by Gasteiger charge is 2.33. The van der Waals surface area contributed by atoms with Crippen LogP contribution in [-0.4, -0.2) is 36.9 Å². The Hall–Kier alpha value is -3.55. The lowest BCUT2D eigenvalue weighted by Crippen LogP contribution is -2.37. The highest BCUT2D eigenvalue weighted by molar-refractivity contribution is 5.95. The van der Waals surface area contributed by atoms with Gasteiger partial charge in [-0.1, -0.05) is 6.07 Å². The van der Waals surface area contributed by atoms with Crippen molar-refractivity contribution in [2.75, 3.05) is 11.9 Å². The molecule has 4 rings (SSSR count). The lowest BCUT2D eigenvalue weighted by Gasteiger charge is -2.25. The number of likely N-dealkylation sites (tertiary alicyclic amines) is 1. The van der Waals surface area contributed by atoms with Gasteiger partial charge in [0, 0.05) is 31.7 Å². The molecule has 8 nitrogen and oxygen atoms in total. The van der Waals surface area contributed by atoms with Gasteiger partial charge < -0.3 is 14.8 Å². The molecule has 3 aromatic rings. The molecule has 0 unspecified atom stereocenters. The Balaban J connectivity index is 1.63. The molecule has 154 valence electrons. The van der Waals surface area contributed by atoms with E-state index in [9.17, 15) is 9.59 Å². The topological polar surface area (TPSA) is 93.0 Å². The van der Waals surface area contributed by atoms with Crippen molar-refractivity contribution in [3.05, 3.63) is 75.7 Å². The van der Waals surface area contributed by atoms with Crippen LogP contribution in [0.15, 0.2) is 47.7 Å². The molecule has 0 aromatic carbocycles. The molecule has 1 fully saturated rings. The van der Waals surface area contributed by atoms with Gasteiger partial charge in [-0.25, -0.2) is 9.97 Å². The summed E-state index contributed by atoms with van der Waals surface area (Å²) in [6.45, 7) is 4.28. The van der Waals surface area contributed by atoms with E-state index in [1.165, 1.54) is 4.57 Å². The van der Waals surface area contributed by atoms with Crippen LogP contribution in [0.4, 0.5) is 11.6 Å². The Morgan fingerprint density at radius 3 is 2.80 bits per heavy atom. The van der Waals surface area contributed by atoms with E-state index in [2.05, 4.69) is 15.3 Å². The van der Waals surface area contributed by atoms with Gasteiger partial charge in [0.15, 0.2) is 0 Å². The van der Waals surface area contributed by atoms with Crippen LogP contribution in [-0.2, 0) is 7.05 Å². The maximum Gasteiger partial charge on any atom is 0.263 e. The molecule has 1 aliphatic heterocycles. The lowest BCUT2D eigenvalue weighted by atomic mass is 10.1. The summed E-state index contributed by atoms with van der Waals surface area (Å²) in [5, 5.41) is 3.13. The second-order valence-electron chi connectivity index (χ2n) is 7.53. The first-order valence-electron chi connectivity index (χ1n) is 9.94. The third-order valence-corrected chi connectivity index (χ3v) is 5.53. The number of aryl methyl sites for hydroxylation is 2. The summed E-state index contributed by atoms with van der Waals surface area (Å²) in [7, 11) is 1.69. The molecule has 0 saturated carbocycles. The zero-order chi connectivity index (χ0) is 21.3. The number of hydrogen-bond acceptors (Lipinski definition) is 6. The summed E-state index contributed by atoms with van der Waals surface area (Å²) in [6, 6.07) is 7.37. The zero-order valence-corrected chi connectivity index (χ0v) is 17.3. The largest absolute Gasteiger partial charge is 0.330 e. The molecule has 3 aromatic heterocycles. The van der Waals surface area contributed by atoms with Gasteiger partial charge in [0.05, 0.1) is 17.9 Å². The fraction of sp³-hybridized carbons (Fsp3) is 0.318. The summed E-state index contributed by atoms with van der Waals surface area (Å²) < 4.78 is 1.52. The fourth-order valence-corrected chi connectivity index (χ4v) is 3.90. The summed E-state index contributed by atoms with van der Waals surface area (Å²) in [6.07, 6.45) is 6.50. The highest BCUT2D eigenvalue weighted by Crippen LogP contribution is 2.33. The van der Waals surface area contributed by atoms with Crippen LogP contribution in [0.5, 0.6) is 0 Å². The normalized spacial score (nSPS) is 16.0. The third-order valence-electron chi connectivity index (χ3n) is 5.53. The van der Waals surface area contributed by atoms with E-state index in [4.69, 9.17) is 4.98 Å². The molecule has 0 bridgehead atoms. The molecule has 0 spiro atoms. The van der Waals surface area contributed by atoms with Gasteiger partial charge in [0.1, 0.15) is 17.2 Å². The number of nitrogens with one attached hydrogen (secondary N) is 1. The second-order valence-corrected chi connectivity index (χ2v) is 7.53. The average molecular weight is 404 g/mol. The van der Waals surface area contributed by atoms with Crippen LogP contribution in [0.3, 0.4) is 0 Å². The van der Waals surface area contributed by atoms with Gasteiger partial charge in [-0.2, -0.15) is 0 Å². The van der Waals surface area contributed by atoms with E-state index in [1.54, 1.807) is 30.5 Å². The van der Waals surface area contributed by atoms with Gasteiger partial charge in [0.2, 0.25) is 0 Å². The Morgan fingerprint density at radius 2 is 2.03 bits per heavy atom. The molecule has 1 N–H and O–H groups in total. The minimum absolute atomic E-state index is 0.175. The van der Waals surface area contributed by atoms with E-state index < -0.39 is 0 Å². The van der Waals surface area contributed by atoms with Crippen molar-refractivity contribution in [2.45, 2.75) is 32.7 Å². The number of pyridine rings is 2. The van der Waals surface area contributed by atoms with E-state index in [1.807, 2.05) is 38.1 Å². The van der Waals surface area contributed by atoms with Gasteiger partial charge in [-0.15, -0.1) is 0 Å². The molecule has 1 aliphatic rings. The second kappa shape index (κ2) is 8.06. The van der Waals surface area contributed by atoms with E-state index in [-0.39, 0.29) is 23.1 Å². The van der Waals surface area contributed by atoms with Crippen LogP contribution in [0.1, 0.15) is 46.2 Å². The van der Waals surface area contributed by atoms with Gasteiger partial charge in [-0.05, 0) is 50.5 Å². The molecule has 4 heterocycles. The van der Waals surface area contributed by atoms with Crippen LogP contribution < -0.4 is 10.9 Å². The summed E-state index contributed by atoms with van der Waals surface area (Å²) in [5.74, 6) is 1.000. The maximum absolute atomic E-state index is 13.4. The average Bonchev–Trinajstić information content (AvgIpc) is 3.23. The first-order chi connectivity index (χ1) is 14.5. The lowest BCUT2D eigenvalue weighted by molar-refractivity contribution is 0.0729. The molecule has 1 atom stereocenters. The highest BCUT2D eigenvalue weighted by atomic mass is 16.2. The first kappa shape index (κ1) is 19.8. The molecule has 0 radical (unpaired) electrons. The molecule has 1 saturated heterocycles. The monoisotopic (exact) mass is 404 g/mol. The number of hydrogen-bond donors (Lipinski definition) is 1. The number of amides is 1. The van der Waals surface area contributed by atoms with Gasteiger partial charge in [-0.3, -0.25) is 14.6 Å². The SMILES string of the molecule is Cc1cc(C)n(C)c(=O)c1C(=O)N1CCC[C@H]1c1cccc(Nc2cnccn2)n1. The van der Waals surface area contributed by atoms with Crippen molar-refractivity contribution in [2.24, 2.45) is 7.05 Å². The van der Waals surface area contributed by atoms with E-state index in [0.717, 1.165) is 24.2 Å². The standard InChI is InChI=1S/C22H24N6O2/c1-14-12-15(2)27(3)21(29)20(14)22(30)28-11-5-7-17(28)16-6-4-8-18(25-16)26-19-13-23-9-10-24-19/h4,6,8-10,12-13,17H,5,7,11H2,1-3H3,(H,24,25,26)/t17-/m0/s1. The number of anilines is 2. The number of aromatic nitrogens is 4. The molecular formula is C22H24N6O2. The molecule has 0 aliphatic carbocycles. The zero-order valence-electron chi connectivity index (χ0n) is 17.3. The van der Waals surface area contributed by atoms with Crippen molar-refractivity contribution in [1.29, 1.82) is 0 Å². The quantitative estimate of drug-likeness (QED) is 0.719. The van der Waals surface area contributed by atoms with Crippen LogP contribution in [0.2, 0.25) is 0 Å². The minimum Gasteiger partial charge on any atom is -0.330 e. The number of nitrogens with zero attached hydrogens (tertiary/aromatic N) is 5. The summed E-state index contributed by atoms with van der Waals surface area (Å²) in [4.78, 5) is 40.9. The molecule has 30 heavy (non-hydrogen) atoms.